The lowest BCUT2D eigenvalue weighted by Crippen LogP contribution is -2.44. The molecule has 1 aliphatic rings. The van der Waals surface area contributed by atoms with Crippen LogP contribution < -0.4 is 21.2 Å². The molecule has 0 N–H and O–H groups in total. The van der Waals surface area contributed by atoms with Crippen LogP contribution in [0.4, 0.5) is 0 Å². The van der Waals surface area contributed by atoms with Gasteiger partial charge in [-0.15, -0.1) is 0 Å². The minimum atomic E-state index is -0.467. The lowest BCUT2D eigenvalue weighted by Gasteiger charge is -2.53. The van der Waals surface area contributed by atoms with Gasteiger partial charge in [0.15, 0.2) is 0 Å². The number of rotatable bonds is 6. The average molecular weight is 424 g/mol. The van der Waals surface area contributed by atoms with Gasteiger partial charge in [-0.2, -0.15) is 0 Å². The Morgan fingerprint density at radius 2 is 0.667 bits per heavy atom. The predicted molar refractivity (Wildman–Crippen MR) is 135 cm³/mol. The van der Waals surface area contributed by atoms with Crippen molar-refractivity contribution < 1.29 is 0 Å². The molecule has 0 unspecified atom stereocenters. The highest BCUT2D eigenvalue weighted by atomic mass is 31.2. The van der Waals surface area contributed by atoms with Crippen LogP contribution in [-0.4, -0.2) is 4.90 Å². The van der Waals surface area contributed by atoms with E-state index in [9.17, 15) is 0 Å². The molecule has 0 aliphatic heterocycles. The van der Waals surface area contributed by atoms with E-state index in [1.54, 1.807) is 0 Å². The fraction of sp³-hybridized carbons (Fsp3) is 0.143. The molecule has 0 heterocycles. The van der Waals surface area contributed by atoms with Crippen molar-refractivity contribution in [3.8, 4) is 0 Å². The number of benzene rings is 4. The molecule has 1 saturated carbocycles. The van der Waals surface area contributed by atoms with Gasteiger partial charge in [0.1, 0.15) is 0 Å². The van der Waals surface area contributed by atoms with E-state index in [4.69, 9.17) is 0 Å². The minimum absolute atomic E-state index is 0.302. The Bertz CT molecular complexity index is 895. The highest BCUT2D eigenvalue weighted by molar-refractivity contribution is 7.91. The number of hydrogen-bond donors (Lipinski definition) is 0. The maximum Gasteiger partial charge on any atom is 0.0267 e. The third-order valence-corrected chi connectivity index (χ3v) is 13.1. The van der Waals surface area contributed by atoms with E-state index in [1.807, 2.05) is 0 Å². The summed E-state index contributed by atoms with van der Waals surface area (Å²) >= 11 is 0. The van der Waals surface area contributed by atoms with E-state index in [0.29, 0.717) is 4.90 Å². The van der Waals surface area contributed by atoms with Crippen molar-refractivity contribution in [3.05, 3.63) is 121 Å². The van der Waals surface area contributed by atoms with Crippen molar-refractivity contribution in [2.75, 3.05) is 0 Å². The summed E-state index contributed by atoms with van der Waals surface area (Å²) in [5.41, 5.74) is 0. The van der Waals surface area contributed by atoms with Crippen LogP contribution in [0.2, 0.25) is 0 Å². The molecule has 4 aromatic carbocycles. The Kier molecular flexibility index (Phi) is 5.81. The van der Waals surface area contributed by atoms with Gasteiger partial charge in [0.25, 0.3) is 0 Å². The quantitative estimate of drug-likeness (QED) is 0.327. The summed E-state index contributed by atoms with van der Waals surface area (Å²) in [5.74, 6) is 0. The van der Waals surface area contributed by atoms with Gasteiger partial charge in [-0.05, 0) is 49.9 Å². The number of hydrogen-bond acceptors (Lipinski definition) is 0. The predicted octanol–water partition coefficient (Wildman–Crippen LogP) is 6.13. The molecule has 0 atom stereocenters. The molecule has 0 bridgehead atoms. The third kappa shape index (κ3) is 3.65. The molecule has 0 nitrogen and oxygen atoms in total. The first-order valence-electron chi connectivity index (χ1n) is 10.7. The summed E-state index contributed by atoms with van der Waals surface area (Å²) in [6.45, 7) is 0. The van der Waals surface area contributed by atoms with Crippen LogP contribution in [0.5, 0.6) is 0 Å². The van der Waals surface area contributed by atoms with E-state index in [0.717, 1.165) is 0 Å². The highest BCUT2D eigenvalue weighted by Crippen LogP contribution is 2.73. The fourth-order valence-electron chi connectivity index (χ4n) is 4.61. The first-order chi connectivity index (χ1) is 14.9. The van der Waals surface area contributed by atoms with Crippen molar-refractivity contribution in [2.24, 2.45) is 0 Å². The van der Waals surface area contributed by atoms with Crippen LogP contribution in [0.1, 0.15) is 19.3 Å². The van der Waals surface area contributed by atoms with Gasteiger partial charge in [-0.1, -0.05) is 128 Å². The Morgan fingerprint density at radius 3 is 0.867 bits per heavy atom. The Balaban J connectivity index is 1.73. The lowest BCUT2D eigenvalue weighted by molar-refractivity contribution is 0.474. The summed E-state index contributed by atoms with van der Waals surface area (Å²) in [4.78, 5) is 0.302. The molecular weight excluding hydrogens is 398 g/mol. The molecule has 0 aromatic heterocycles. The Hall–Kier alpha value is -2.26. The zero-order valence-electron chi connectivity index (χ0n) is 17.1. The zero-order chi connectivity index (χ0) is 20.2. The largest absolute Gasteiger partial charge is 0.0622 e. The molecule has 0 amide bonds. The molecule has 30 heavy (non-hydrogen) atoms. The van der Waals surface area contributed by atoms with Crippen LogP contribution >= 0.6 is 15.8 Å². The van der Waals surface area contributed by atoms with Crippen LogP contribution in [0.15, 0.2) is 121 Å². The van der Waals surface area contributed by atoms with Gasteiger partial charge in [-0.3, -0.25) is 0 Å². The van der Waals surface area contributed by atoms with Crippen molar-refractivity contribution >= 4 is 37.1 Å². The van der Waals surface area contributed by atoms with Crippen molar-refractivity contribution in [3.63, 3.8) is 0 Å². The van der Waals surface area contributed by atoms with Gasteiger partial charge < -0.3 is 0 Å². The second-order valence-electron chi connectivity index (χ2n) is 7.85. The summed E-state index contributed by atoms with van der Waals surface area (Å²) in [7, 11) is -0.935. The molecular formula is C28H26P2. The molecule has 1 fully saturated rings. The van der Waals surface area contributed by atoms with Gasteiger partial charge >= 0.3 is 0 Å². The van der Waals surface area contributed by atoms with E-state index in [1.165, 1.54) is 40.5 Å². The van der Waals surface area contributed by atoms with E-state index in [-0.39, 0.29) is 0 Å². The SMILES string of the molecule is c1ccc(P(c2ccccc2)C2(P(c3ccccc3)c3ccccc3)CCC2)cc1. The van der Waals surface area contributed by atoms with Crippen molar-refractivity contribution in [1.82, 2.24) is 0 Å². The Labute approximate surface area is 182 Å². The van der Waals surface area contributed by atoms with E-state index < -0.39 is 15.8 Å². The molecule has 4 aromatic rings. The molecule has 0 radical (unpaired) electrons. The first-order valence-corrected chi connectivity index (χ1v) is 13.4. The monoisotopic (exact) mass is 424 g/mol. The van der Waals surface area contributed by atoms with Gasteiger partial charge in [-0.25, -0.2) is 0 Å². The second-order valence-corrected chi connectivity index (χ2v) is 13.3. The average Bonchev–Trinajstić information content (AvgIpc) is 2.80. The maximum atomic E-state index is 2.36. The second kappa shape index (κ2) is 8.85. The standard InChI is InChI=1S/C28H26P2/c1-5-14-24(15-6-1)29(25-16-7-2-8-17-25)28(22-13-23-28)30(26-18-9-3-10-19-26)27-20-11-4-12-21-27/h1-12,14-21H,13,22-23H2. The maximum absolute atomic E-state index is 2.36. The van der Waals surface area contributed by atoms with E-state index in [2.05, 4.69) is 121 Å². The first kappa shape index (κ1) is 19.7. The molecule has 1 aliphatic carbocycles. The Morgan fingerprint density at radius 1 is 0.400 bits per heavy atom. The minimum Gasteiger partial charge on any atom is -0.0622 e. The van der Waals surface area contributed by atoms with Crippen LogP contribution in [0, 0.1) is 0 Å². The molecule has 148 valence electrons. The van der Waals surface area contributed by atoms with E-state index >= 15 is 0 Å². The summed E-state index contributed by atoms with van der Waals surface area (Å²) in [6.07, 6.45) is 3.94. The normalized spacial score (nSPS) is 15.1. The third-order valence-electron chi connectivity index (χ3n) is 6.04. The van der Waals surface area contributed by atoms with Gasteiger partial charge in [0, 0.05) is 4.90 Å². The van der Waals surface area contributed by atoms with Gasteiger partial charge in [0.05, 0.1) is 0 Å². The van der Waals surface area contributed by atoms with Crippen LogP contribution in [0.25, 0.3) is 0 Å². The van der Waals surface area contributed by atoms with Gasteiger partial charge in [0.2, 0.25) is 0 Å². The smallest absolute Gasteiger partial charge is 0.0267 e. The summed E-state index contributed by atoms with van der Waals surface area (Å²) in [6, 6.07) is 45.2. The zero-order valence-corrected chi connectivity index (χ0v) is 18.9. The van der Waals surface area contributed by atoms with Crippen LogP contribution in [-0.2, 0) is 0 Å². The fourth-order valence-corrected chi connectivity index (χ4v) is 12.7. The summed E-state index contributed by atoms with van der Waals surface area (Å²) < 4.78 is 0. The molecule has 5 rings (SSSR count). The van der Waals surface area contributed by atoms with Crippen LogP contribution in [0.3, 0.4) is 0 Å². The van der Waals surface area contributed by atoms with Crippen molar-refractivity contribution in [2.45, 2.75) is 24.2 Å². The van der Waals surface area contributed by atoms with Crippen molar-refractivity contribution in [1.29, 1.82) is 0 Å². The summed E-state index contributed by atoms with van der Waals surface area (Å²) in [5, 5.41) is 6.05. The topological polar surface area (TPSA) is 0 Å². The molecule has 0 saturated heterocycles. The molecule has 0 spiro atoms. The highest BCUT2D eigenvalue weighted by Gasteiger charge is 2.51. The lowest BCUT2D eigenvalue weighted by atomic mass is 9.99. The molecule has 2 heteroatoms.